The Balaban J connectivity index is -0.0000192. The molecule has 388 valence electrons. The third-order valence-corrected chi connectivity index (χ3v) is 12.5. The molecule has 0 aromatic rings. The maximum atomic E-state index is 12.8. The highest BCUT2D eigenvalue weighted by atomic mass is 35.5. The first kappa shape index (κ1) is 67.7. The Morgan fingerprint density at radius 3 is 0.908 bits per heavy atom. The van der Waals surface area contributed by atoms with Crippen LogP contribution in [0, 0.1) is 0 Å². The minimum atomic E-state index is -0.778. The van der Waals surface area contributed by atoms with Crippen LogP contribution < -0.4 is 30.1 Å². The third kappa shape index (κ3) is 56.7. The fraction of sp³-hybridized carbons (Fsp3) is 0.926. The fourth-order valence-electron chi connectivity index (χ4n) is 8.32. The van der Waals surface area contributed by atoms with Crippen LogP contribution in [-0.2, 0) is 33.4 Å². The van der Waals surface area contributed by atoms with E-state index in [0.29, 0.717) is 25.8 Å². The van der Waals surface area contributed by atoms with E-state index >= 15 is 0 Å². The minimum absolute atomic E-state index is 0. The summed E-state index contributed by atoms with van der Waals surface area (Å²) in [4.78, 5) is 48.6. The number of carboxylic acids is 1. The molecule has 0 bridgehead atoms. The standard InChI is InChI=1S/C54H103NO8.2ClH/c1-3-5-7-9-11-13-15-18-22-26-30-34-38-42-52(58)61-48-50(63-54(60)44-40-36-32-28-24-19-16-14-12-10-8-6-4-2)49-62-53(59)43-39-35-31-27-23-20-17-21-25-29-33-37-41-46-55-47-45-51(56)57;;/h50,55H,3-49H2,1-2H3,(H,56,57);2*1H/p-1. The lowest BCUT2D eigenvalue weighted by atomic mass is 10.0. The molecule has 0 fully saturated rings. The highest BCUT2D eigenvalue weighted by Gasteiger charge is 2.19. The van der Waals surface area contributed by atoms with Crippen LogP contribution in [0.4, 0.5) is 0 Å². The second-order valence-electron chi connectivity index (χ2n) is 18.8. The molecule has 0 heterocycles. The maximum absolute atomic E-state index is 12.8. The Bertz CT molecular complexity index is 1020. The van der Waals surface area contributed by atoms with E-state index < -0.39 is 12.1 Å². The second kappa shape index (κ2) is 56.7. The average Bonchev–Trinajstić information content (AvgIpc) is 3.27. The van der Waals surface area contributed by atoms with E-state index in [4.69, 9.17) is 19.3 Å². The number of quaternary nitrogens is 1. The molecule has 9 nitrogen and oxygen atoms in total. The summed E-state index contributed by atoms with van der Waals surface area (Å²) < 4.78 is 16.8. The van der Waals surface area contributed by atoms with Gasteiger partial charge in [-0.25, -0.2) is 0 Å². The zero-order chi connectivity index (χ0) is 45.9. The van der Waals surface area contributed by atoms with Crippen molar-refractivity contribution in [2.24, 2.45) is 0 Å². The molecule has 0 aliphatic rings. The summed E-state index contributed by atoms with van der Waals surface area (Å²) in [7, 11) is 0. The molecule has 0 aliphatic carbocycles. The summed E-state index contributed by atoms with van der Waals surface area (Å²) in [5.41, 5.74) is 0. The molecule has 1 unspecified atom stereocenters. The van der Waals surface area contributed by atoms with Crippen molar-refractivity contribution < 1.29 is 68.6 Å². The smallest absolute Gasteiger partial charge is 0.309 e. The predicted octanol–water partition coefficient (Wildman–Crippen LogP) is 8.45. The first-order valence-electron chi connectivity index (χ1n) is 27.4. The van der Waals surface area contributed by atoms with Gasteiger partial charge in [-0.1, -0.05) is 232 Å². The Hall–Kier alpha value is -1.58. The van der Waals surface area contributed by atoms with E-state index in [-0.39, 0.29) is 62.4 Å². The Morgan fingerprint density at radius 2 is 0.615 bits per heavy atom. The maximum Gasteiger partial charge on any atom is 0.309 e. The molecule has 0 saturated heterocycles. The number of rotatable bonds is 52. The normalized spacial score (nSPS) is 11.4. The first-order valence-corrected chi connectivity index (χ1v) is 27.4. The van der Waals surface area contributed by atoms with Gasteiger partial charge in [-0.15, -0.1) is 0 Å². The molecule has 11 heteroatoms. The van der Waals surface area contributed by atoms with Crippen molar-refractivity contribution in [1.82, 2.24) is 0 Å². The number of aliphatic carboxylic acids is 1. The number of ether oxygens (including phenoxy) is 3. The van der Waals surface area contributed by atoms with E-state index in [1.54, 1.807) is 0 Å². The molecule has 0 rings (SSSR count). The molecule has 0 radical (unpaired) electrons. The van der Waals surface area contributed by atoms with Crippen molar-refractivity contribution >= 4 is 23.9 Å². The largest absolute Gasteiger partial charge is 1.00 e. The molecule has 0 aliphatic heterocycles. The van der Waals surface area contributed by atoms with E-state index in [9.17, 15) is 19.2 Å². The summed E-state index contributed by atoms with van der Waals surface area (Å²) in [5, 5.41) is 10.8. The summed E-state index contributed by atoms with van der Waals surface area (Å²) in [5.74, 6) is -1.60. The first-order chi connectivity index (χ1) is 30.9. The van der Waals surface area contributed by atoms with Gasteiger partial charge >= 0.3 is 23.9 Å². The number of halogens is 2. The van der Waals surface area contributed by atoms with Crippen molar-refractivity contribution in [3.63, 3.8) is 0 Å². The summed E-state index contributed by atoms with van der Waals surface area (Å²) in [6, 6.07) is 0. The van der Waals surface area contributed by atoms with Crippen LogP contribution in [0.1, 0.15) is 290 Å². The van der Waals surface area contributed by atoms with Gasteiger partial charge in [-0.2, -0.15) is 0 Å². The molecule has 0 aromatic heterocycles. The predicted molar refractivity (Wildman–Crippen MR) is 261 cm³/mol. The Morgan fingerprint density at radius 1 is 0.354 bits per heavy atom. The van der Waals surface area contributed by atoms with Crippen LogP contribution >= 0.6 is 0 Å². The van der Waals surface area contributed by atoms with Gasteiger partial charge in [0, 0.05) is 19.3 Å². The number of carbonyl (C=O) groups is 4. The number of carboxylic acid groups (broad SMARTS) is 1. The van der Waals surface area contributed by atoms with Crippen molar-refractivity contribution in [1.29, 1.82) is 0 Å². The summed E-state index contributed by atoms with van der Waals surface area (Å²) in [6.07, 6.45) is 48.4. The lowest BCUT2D eigenvalue weighted by molar-refractivity contribution is -0.654. The van der Waals surface area contributed by atoms with Crippen molar-refractivity contribution in [2.45, 2.75) is 296 Å². The number of esters is 3. The van der Waals surface area contributed by atoms with Crippen molar-refractivity contribution in [3.8, 4) is 0 Å². The fourth-order valence-corrected chi connectivity index (χ4v) is 8.32. The molecule has 0 aromatic carbocycles. The summed E-state index contributed by atoms with van der Waals surface area (Å²) in [6.45, 7) is 6.08. The minimum Gasteiger partial charge on any atom is -1.00 e. The third-order valence-electron chi connectivity index (χ3n) is 12.5. The number of nitrogens with two attached hydrogens (primary N) is 1. The van der Waals surface area contributed by atoms with Gasteiger partial charge in [0.05, 0.1) is 19.5 Å². The van der Waals surface area contributed by atoms with Gasteiger partial charge < -0.3 is 49.4 Å². The van der Waals surface area contributed by atoms with Crippen molar-refractivity contribution in [3.05, 3.63) is 0 Å². The van der Waals surface area contributed by atoms with Crippen LogP contribution in [-0.4, -0.2) is 61.4 Å². The van der Waals surface area contributed by atoms with Crippen LogP contribution in [0.3, 0.4) is 0 Å². The quantitative estimate of drug-likeness (QED) is 0.0353. The topological polar surface area (TPSA) is 133 Å². The van der Waals surface area contributed by atoms with Crippen LogP contribution in [0.15, 0.2) is 0 Å². The molecule has 0 amide bonds. The van der Waals surface area contributed by atoms with Gasteiger partial charge in [0.15, 0.2) is 6.10 Å². The lowest BCUT2D eigenvalue weighted by Crippen LogP contribution is -3.00. The van der Waals surface area contributed by atoms with Gasteiger partial charge in [0.25, 0.3) is 0 Å². The molecule has 65 heavy (non-hydrogen) atoms. The number of carbonyl (C=O) groups excluding carboxylic acids is 3. The highest BCUT2D eigenvalue weighted by Crippen LogP contribution is 2.17. The molecule has 0 spiro atoms. The average molecular weight is 966 g/mol. The zero-order valence-corrected chi connectivity index (χ0v) is 44.0. The molecule has 1 atom stereocenters. The van der Waals surface area contributed by atoms with Crippen LogP contribution in [0.5, 0.6) is 0 Å². The number of unbranched alkanes of at least 4 members (excludes halogenated alkanes) is 36. The van der Waals surface area contributed by atoms with Crippen LogP contribution in [0.2, 0.25) is 0 Å². The lowest BCUT2D eigenvalue weighted by Gasteiger charge is -2.18. The van der Waals surface area contributed by atoms with E-state index in [1.165, 1.54) is 193 Å². The van der Waals surface area contributed by atoms with Gasteiger partial charge in [-0.3, -0.25) is 19.2 Å². The van der Waals surface area contributed by atoms with Crippen LogP contribution in [0.25, 0.3) is 0 Å². The highest BCUT2D eigenvalue weighted by molar-refractivity contribution is 5.71. The molecular formula is C54H104Cl2NO8-. The van der Waals surface area contributed by atoms with Gasteiger partial charge in [-0.05, 0) is 32.1 Å². The van der Waals surface area contributed by atoms with E-state index in [1.807, 2.05) is 0 Å². The Kier molecular flexibility index (Phi) is 59.1. The molecule has 0 saturated carbocycles. The monoisotopic (exact) mass is 965 g/mol. The second-order valence-corrected chi connectivity index (χ2v) is 18.8. The van der Waals surface area contributed by atoms with Gasteiger partial charge in [0.2, 0.25) is 0 Å². The number of hydrogen-bond donors (Lipinski definition) is 2. The van der Waals surface area contributed by atoms with E-state index in [2.05, 4.69) is 19.2 Å². The van der Waals surface area contributed by atoms with Gasteiger partial charge in [0.1, 0.15) is 13.2 Å². The Labute approximate surface area is 413 Å². The van der Waals surface area contributed by atoms with Crippen molar-refractivity contribution in [2.75, 3.05) is 26.3 Å². The molecule has 3 N–H and O–H groups in total. The number of hydrogen-bond acceptors (Lipinski definition) is 7. The SMILES string of the molecule is CCCCCCCCCCCCCCCC(=O)OCC(COC(=O)CCCCCCCCCCCCCCC[NH2+]CCC(=O)O)OC(=O)CCCCCCCCCCCCCCC.[Cl-].[Cl-]. The molecular weight excluding hydrogens is 861 g/mol. The summed E-state index contributed by atoms with van der Waals surface area (Å²) >= 11 is 0. The van der Waals surface area contributed by atoms with E-state index in [0.717, 1.165) is 64.3 Å². The zero-order valence-electron chi connectivity index (χ0n) is 42.4.